The SMILES string of the molecule is CN(CCN1CCNCC1)c1cc(Br)ccc1F. The molecule has 1 saturated heterocycles. The van der Waals surface area contributed by atoms with Crippen LogP contribution < -0.4 is 10.2 Å². The van der Waals surface area contributed by atoms with Crippen molar-refractivity contribution in [3.05, 3.63) is 28.5 Å². The fourth-order valence-electron chi connectivity index (χ4n) is 2.12. The zero-order chi connectivity index (χ0) is 13.0. The molecule has 0 radical (unpaired) electrons. The van der Waals surface area contributed by atoms with Crippen LogP contribution in [0.15, 0.2) is 22.7 Å². The Morgan fingerprint density at radius 1 is 1.39 bits per heavy atom. The highest BCUT2D eigenvalue weighted by Crippen LogP contribution is 2.22. The second-order valence-electron chi connectivity index (χ2n) is 4.61. The van der Waals surface area contributed by atoms with Crippen LogP contribution in [-0.4, -0.2) is 51.2 Å². The fraction of sp³-hybridized carbons (Fsp3) is 0.538. The van der Waals surface area contributed by atoms with E-state index in [0.29, 0.717) is 5.69 Å². The molecule has 18 heavy (non-hydrogen) atoms. The third-order valence-corrected chi connectivity index (χ3v) is 3.77. The molecule has 1 heterocycles. The Kier molecular flexibility index (Phi) is 4.97. The molecule has 0 spiro atoms. The summed E-state index contributed by atoms with van der Waals surface area (Å²) in [5, 5.41) is 3.33. The Hall–Kier alpha value is -0.650. The number of anilines is 1. The van der Waals surface area contributed by atoms with Crippen molar-refractivity contribution in [2.75, 3.05) is 51.2 Å². The summed E-state index contributed by atoms with van der Waals surface area (Å²) < 4.78 is 14.6. The normalized spacial score (nSPS) is 16.8. The van der Waals surface area contributed by atoms with Crippen molar-refractivity contribution in [2.24, 2.45) is 0 Å². The molecular weight excluding hydrogens is 297 g/mol. The Balaban J connectivity index is 1.90. The van der Waals surface area contributed by atoms with Gasteiger partial charge in [0, 0.05) is 50.8 Å². The van der Waals surface area contributed by atoms with Crippen LogP contribution in [0.3, 0.4) is 0 Å². The summed E-state index contributed by atoms with van der Waals surface area (Å²) >= 11 is 3.38. The molecule has 1 N–H and O–H groups in total. The number of hydrogen-bond acceptors (Lipinski definition) is 3. The maximum atomic E-state index is 13.7. The Labute approximate surface area is 116 Å². The molecule has 0 aliphatic carbocycles. The molecule has 1 aliphatic rings. The van der Waals surface area contributed by atoms with Crippen LogP contribution in [-0.2, 0) is 0 Å². The van der Waals surface area contributed by atoms with E-state index in [4.69, 9.17) is 0 Å². The van der Waals surface area contributed by atoms with Crippen LogP contribution in [0.5, 0.6) is 0 Å². The maximum Gasteiger partial charge on any atom is 0.146 e. The van der Waals surface area contributed by atoms with Gasteiger partial charge in [-0.15, -0.1) is 0 Å². The van der Waals surface area contributed by atoms with Gasteiger partial charge in [0.05, 0.1) is 5.69 Å². The summed E-state index contributed by atoms with van der Waals surface area (Å²) in [4.78, 5) is 4.38. The smallest absolute Gasteiger partial charge is 0.146 e. The lowest BCUT2D eigenvalue weighted by Crippen LogP contribution is -2.46. The van der Waals surface area contributed by atoms with Crippen LogP contribution in [0.2, 0.25) is 0 Å². The van der Waals surface area contributed by atoms with Crippen molar-refractivity contribution in [3.63, 3.8) is 0 Å². The largest absolute Gasteiger partial charge is 0.371 e. The second kappa shape index (κ2) is 6.50. The number of nitrogens with zero attached hydrogens (tertiary/aromatic N) is 2. The first-order chi connectivity index (χ1) is 8.66. The van der Waals surface area contributed by atoms with E-state index >= 15 is 0 Å². The summed E-state index contributed by atoms with van der Waals surface area (Å²) in [5.74, 6) is -0.166. The van der Waals surface area contributed by atoms with Crippen molar-refractivity contribution in [2.45, 2.75) is 0 Å². The fourth-order valence-corrected chi connectivity index (χ4v) is 2.47. The molecule has 0 bridgehead atoms. The van der Waals surface area contributed by atoms with Gasteiger partial charge in [0.2, 0.25) is 0 Å². The minimum absolute atomic E-state index is 0.166. The summed E-state index contributed by atoms with van der Waals surface area (Å²) in [6.07, 6.45) is 0. The van der Waals surface area contributed by atoms with Crippen LogP contribution in [0, 0.1) is 5.82 Å². The quantitative estimate of drug-likeness (QED) is 0.916. The molecule has 3 nitrogen and oxygen atoms in total. The third-order valence-electron chi connectivity index (χ3n) is 3.28. The first-order valence-electron chi connectivity index (χ1n) is 6.26. The minimum Gasteiger partial charge on any atom is -0.371 e. The molecule has 0 unspecified atom stereocenters. The van der Waals surface area contributed by atoms with Gasteiger partial charge in [-0.25, -0.2) is 4.39 Å². The Bertz CT molecular complexity index is 394. The number of nitrogens with one attached hydrogen (secondary N) is 1. The molecule has 1 aromatic carbocycles. The van der Waals surface area contributed by atoms with Gasteiger partial charge in [0.1, 0.15) is 5.82 Å². The Morgan fingerprint density at radius 3 is 2.83 bits per heavy atom. The second-order valence-corrected chi connectivity index (χ2v) is 5.52. The zero-order valence-electron chi connectivity index (χ0n) is 10.6. The van der Waals surface area contributed by atoms with E-state index in [1.165, 1.54) is 6.07 Å². The molecule has 1 aromatic rings. The molecule has 0 amide bonds. The Morgan fingerprint density at radius 2 is 2.11 bits per heavy atom. The summed E-state index contributed by atoms with van der Waals surface area (Å²) in [6, 6.07) is 5.05. The first-order valence-corrected chi connectivity index (χ1v) is 7.05. The minimum atomic E-state index is -0.166. The van der Waals surface area contributed by atoms with Crippen molar-refractivity contribution in [1.82, 2.24) is 10.2 Å². The van der Waals surface area contributed by atoms with Gasteiger partial charge in [0.25, 0.3) is 0 Å². The van der Waals surface area contributed by atoms with E-state index in [0.717, 1.165) is 43.7 Å². The van der Waals surface area contributed by atoms with Crippen molar-refractivity contribution >= 4 is 21.6 Å². The van der Waals surface area contributed by atoms with E-state index in [-0.39, 0.29) is 5.82 Å². The van der Waals surface area contributed by atoms with E-state index in [9.17, 15) is 4.39 Å². The summed E-state index contributed by atoms with van der Waals surface area (Å²) in [7, 11) is 1.94. The predicted octanol–water partition coefficient (Wildman–Crippen LogP) is 1.93. The number of benzene rings is 1. The van der Waals surface area contributed by atoms with Gasteiger partial charge in [0.15, 0.2) is 0 Å². The predicted molar refractivity (Wildman–Crippen MR) is 76.7 cm³/mol. The van der Waals surface area contributed by atoms with E-state index in [1.807, 2.05) is 18.0 Å². The highest BCUT2D eigenvalue weighted by molar-refractivity contribution is 9.10. The lowest BCUT2D eigenvalue weighted by molar-refractivity contribution is 0.246. The lowest BCUT2D eigenvalue weighted by atomic mass is 10.2. The number of likely N-dealkylation sites (N-methyl/N-ethyl adjacent to an activating group) is 1. The molecule has 1 aliphatic heterocycles. The molecule has 0 aromatic heterocycles. The zero-order valence-corrected chi connectivity index (χ0v) is 12.2. The average molecular weight is 316 g/mol. The number of piperazine rings is 1. The molecule has 0 atom stereocenters. The van der Waals surface area contributed by atoms with Gasteiger partial charge in [-0.05, 0) is 18.2 Å². The number of rotatable bonds is 4. The van der Waals surface area contributed by atoms with Crippen molar-refractivity contribution in [1.29, 1.82) is 0 Å². The molecule has 2 rings (SSSR count). The maximum absolute atomic E-state index is 13.7. The van der Waals surface area contributed by atoms with Crippen molar-refractivity contribution < 1.29 is 4.39 Å². The number of halogens is 2. The van der Waals surface area contributed by atoms with E-state index in [1.54, 1.807) is 6.07 Å². The van der Waals surface area contributed by atoms with E-state index < -0.39 is 0 Å². The van der Waals surface area contributed by atoms with Crippen molar-refractivity contribution in [3.8, 4) is 0 Å². The molecule has 0 saturated carbocycles. The molecule has 1 fully saturated rings. The summed E-state index contributed by atoms with van der Waals surface area (Å²) in [6.45, 7) is 6.07. The van der Waals surface area contributed by atoms with Gasteiger partial charge < -0.3 is 10.2 Å². The molecule has 100 valence electrons. The lowest BCUT2D eigenvalue weighted by Gasteiger charge is -2.29. The van der Waals surface area contributed by atoms with Gasteiger partial charge in [-0.3, -0.25) is 4.90 Å². The first kappa shape index (κ1) is 13.8. The highest BCUT2D eigenvalue weighted by atomic mass is 79.9. The van der Waals surface area contributed by atoms with Crippen LogP contribution in [0.4, 0.5) is 10.1 Å². The topological polar surface area (TPSA) is 18.5 Å². The molecular formula is C13H19BrFN3. The third kappa shape index (κ3) is 3.67. The van der Waals surface area contributed by atoms with Gasteiger partial charge >= 0.3 is 0 Å². The number of hydrogen-bond donors (Lipinski definition) is 1. The van der Waals surface area contributed by atoms with Crippen LogP contribution in [0.25, 0.3) is 0 Å². The van der Waals surface area contributed by atoms with Crippen LogP contribution >= 0.6 is 15.9 Å². The van der Waals surface area contributed by atoms with E-state index in [2.05, 4.69) is 26.1 Å². The highest BCUT2D eigenvalue weighted by Gasteiger charge is 2.12. The van der Waals surface area contributed by atoms with Gasteiger partial charge in [-0.1, -0.05) is 15.9 Å². The average Bonchev–Trinajstić information content (AvgIpc) is 2.40. The summed E-state index contributed by atoms with van der Waals surface area (Å²) in [5.41, 5.74) is 0.652. The monoisotopic (exact) mass is 315 g/mol. The standard InChI is InChI=1S/C13H19BrFN3/c1-17(8-9-18-6-4-16-5-7-18)13-10-11(14)2-3-12(13)15/h2-3,10,16H,4-9H2,1H3. The molecule has 5 heteroatoms. The van der Waals surface area contributed by atoms with Gasteiger partial charge in [-0.2, -0.15) is 0 Å². The van der Waals surface area contributed by atoms with Crippen LogP contribution in [0.1, 0.15) is 0 Å².